The minimum absolute atomic E-state index is 0.221. The van der Waals surface area contributed by atoms with Gasteiger partial charge in [0.15, 0.2) is 11.5 Å². The Bertz CT molecular complexity index is 812. The standard InChI is InChI=1S/C19H22N4O4/c1-25-17-7-6-14(11-18(17)26-2)12-20-19(24)21-13-15(16-5-3-10-27-16)23-9-4-8-22-23/h3-11,15H,12-13H2,1-2H3,(H2,20,21,24). The molecule has 2 heterocycles. The topological polar surface area (TPSA) is 90.6 Å². The van der Waals surface area contributed by atoms with Crippen molar-refractivity contribution in [3.05, 3.63) is 66.4 Å². The van der Waals surface area contributed by atoms with Crippen molar-refractivity contribution in [2.45, 2.75) is 12.6 Å². The zero-order valence-corrected chi connectivity index (χ0v) is 15.2. The van der Waals surface area contributed by atoms with Crippen molar-refractivity contribution in [1.82, 2.24) is 20.4 Å². The van der Waals surface area contributed by atoms with Crippen molar-refractivity contribution in [3.63, 3.8) is 0 Å². The molecule has 27 heavy (non-hydrogen) atoms. The normalized spacial score (nSPS) is 11.6. The molecule has 2 amide bonds. The van der Waals surface area contributed by atoms with Crippen molar-refractivity contribution in [2.75, 3.05) is 20.8 Å². The maximum Gasteiger partial charge on any atom is 0.315 e. The van der Waals surface area contributed by atoms with Gasteiger partial charge in [-0.1, -0.05) is 6.07 Å². The third-order valence-electron chi connectivity index (χ3n) is 4.07. The highest BCUT2D eigenvalue weighted by atomic mass is 16.5. The molecule has 2 N–H and O–H groups in total. The highest BCUT2D eigenvalue weighted by Crippen LogP contribution is 2.27. The molecular weight excluding hydrogens is 348 g/mol. The van der Waals surface area contributed by atoms with Gasteiger partial charge in [-0.2, -0.15) is 5.10 Å². The van der Waals surface area contributed by atoms with E-state index in [1.54, 1.807) is 37.4 Å². The lowest BCUT2D eigenvalue weighted by Gasteiger charge is -2.16. The second-order valence-electron chi connectivity index (χ2n) is 5.77. The first-order valence-electron chi connectivity index (χ1n) is 8.46. The molecule has 8 heteroatoms. The molecule has 0 bridgehead atoms. The minimum Gasteiger partial charge on any atom is -0.493 e. The van der Waals surface area contributed by atoms with Gasteiger partial charge in [-0.25, -0.2) is 4.79 Å². The van der Waals surface area contributed by atoms with Crippen LogP contribution in [-0.2, 0) is 6.54 Å². The monoisotopic (exact) mass is 370 g/mol. The number of carbonyl (C=O) groups is 1. The zero-order valence-electron chi connectivity index (χ0n) is 15.2. The van der Waals surface area contributed by atoms with Crippen LogP contribution in [0.5, 0.6) is 11.5 Å². The largest absolute Gasteiger partial charge is 0.493 e. The van der Waals surface area contributed by atoms with Crippen LogP contribution in [0.3, 0.4) is 0 Å². The number of furan rings is 1. The van der Waals surface area contributed by atoms with Gasteiger partial charge in [0, 0.05) is 25.5 Å². The van der Waals surface area contributed by atoms with Crippen LogP contribution in [-0.4, -0.2) is 36.6 Å². The molecule has 0 saturated carbocycles. The maximum absolute atomic E-state index is 12.2. The lowest BCUT2D eigenvalue weighted by atomic mass is 10.2. The summed E-state index contributed by atoms with van der Waals surface area (Å²) in [4.78, 5) is 12.2. The molecule has 0 aliphatic carbocycles. The highest BCUT2D eigenvalue weighted by Gasteiger charge is 2.18. The van der Waals surface area contributed by atoms with Gasteiger partial charge >= 0.3 is 6.03 Å². The van der Waals surface area contributed by atoms with Crippen LogP contribution in [0.1, 0.15) is 17.4 Å². The number of hydrogen-bond acceptors (Lipinski definition) is 5. The predicted octanol–water partition coefficient (Wildman–Crippen LogP) is 2.58. The van der Waals surface area contributed by atoms with E-state index in [0.717, 1.165) is 11.3 Å². The Morgan fingerprint density at radius 3 is 2.70 bits per heavy atom. The van der Waals surface area contributed by atoms with E-state index in [-0.39, 0.29) is 12.1 Å². The van der Waals surface area contributed by atoms with E-state index in [1.807, 2.05) is 36.5 Å². The van der Waals surface area contributed by atoms with Crippen LogP contribution in [0.4, 0.5) is 4.79 Å². The minimum atomic E-state index is -0.284. The smallest absolute Gasteiger partial charge is 0.315 e. The molecule has 2 aromatic heterocycles. The van der Waals surface area contributed by atoms with Crippen LogP contribution in [0.15, 0.2) is 59.5 Å². The number of amides is 2. The van der Waals surface area contributed by atoms with Gasteiger partial charge in [-0.3, -0.25) is 4.68 Å². The number of carbonyl (C=O) groups excluding carboxylic acids is 1. The van der Waals surface area contributed by atoms with Gasteiger partial charge < -0.3 is 24.5 Å². The van der Waals surface area contributed by atoms with Crippen molar-refractivity contribution in [2.24, 2.45) is 0 Å². The third-order valence-corrected chi connectivity index (χ3v) is 4.07. The fraction of sp³-hybridized carbons (Fsp3) is 0.263. The summed E-state index contributed by atoms with van der Waals surface area (Å²) >= 11 is 0. The number of urea groups is 1. The second-order valence-corrected chi connectivity index (χ2v) is 5.77. The molecule has 1 unspecified atom stereocenters. The Kier molecular flexibility index (Phi) is 5.98. The molecule has 1 aromatic carbocycles. The summed E-state index contributed by atoms with van der Waals surface area (Å²) in [7, 11) is 3.16. The molecule has 3 rings (SSSR count). The Balaban J connectivity index is 1.56. The summed E-state index contributed by atoms with van der Waals surface area (Å²) in [5.41, 5.74) is 0.900. The summed E-state index contributed by atoms with van der Waals surface area (Å²) in [6.45, 7) is 0.701. The van der Waals surface area contributed by atoms with Gasteiger partial charge in [-0.05, 0) is 35.9 Å². The van der Waals surface area contributed by atoms with Crippen molar-refractivity contribution in [1.29, 1.82) is 0 Å². The Hall–Kier alpha value is -3.42. The van der Waals surface area contributed by atoms with Crippen LogP contribution < -0.4 is 20.1 Å². The van der Waals surface area contributed by atoms with Gasteiger partial charge in [0.2, 0.25) is 0 Å². The van der Waals surface area contributed by atoms with Gasteiger partial charge in [0.25, 0.3) is 0 Å². The first kappa shape index (κ1) is 18.4. The first-order valence-corrected chi connectivity index (χ1v) is 8.46. The number of benzene rings is 1. The molecule has 8 nitrogen and oxygen atoms in total. The fourth-order valence-electron chi connectivity index (χ4n) is 2.70. The van der Waals surface area contributed by atoms with E-state index in [0.29, 0.717) is 24.6 Å². The lowest BCUT2D eigenvalue weighted by molar-refractivity contribution is 0.238. The number of hydrogen-bond donors (Lipinski definition) is 2. The number of nitrogens with one attached hydrogen (secondary N) is 2. The molecule has 1 atom stereocenters. The number of aromatic nitrogens is 2. The first-order chi connectivity index (χ1) is 13.2. The van der Waals surface area contributed by atoms with Crippen LogP contribution >= 0.6 is 0 Å². The van der Waals surface area contributed by atoms with E-state index < -0.39 is 0 Å². The van der Waals surface area contributed by atoms with E-state index in [4.69, 9.17) is 13.9 Å². The lowest BCUT2D eigenvalue weighted by Crippen LogP contribution is -2.38. The van der Waals surface area contributed by atoms with Crippen LogP contribution in [0.2, 0.25) is 0 Å². The molecule has 0 saturated heterocycles. The third kappa shape index (κ3) is 4.60. The van der Waals surface area contributed by atoms with Crippen molar-refractivity contribution < 1.29 is 18.7 Å². The van der Waals surface area contributed by atoms with Gasteiger partial charge in [-0.15, -0.1) is 0 Å². The maximum atomic E-state index is 12.2. The molecule has 3 aromatic rings. The molecule has 142 valence electrons. The highest BCUT2D eigenvalue weighted by molar-refractivity contribution is 5.73. The Morgan fingerprint density at radius 2 is 2.04 bits per heavy atom. The number of nitrogens with zero attached hydrogens (tertiary/aromatic N) is 2. The van der Waals surface area contributed by atoms with E-state index in [1.165, 1.54) is 0 Å². The summed E-state index contributed by atoms with van der Waals surface area (Å²) < 4.78 is 17.7. The molecule has 0 fully saturated rings. The van der Waals surface area contributed by atoms with E-state index in [2.05, 4.69) is 15.7 Å². The van der Waals surface area contributed by atoms with Crippen molar-refractivity contribution in [3.8, 4) is 11.5 Å². The number of ether oxygens (including phenoxy) is 2. The molecular formula is C19H22N4O4. The average Bonchev–Trinajstić information content (AvgIpc) is 3.41. The quantitative estimate of drug-likeness (QED) is 0.636. The van der Waals surface area contributed by atoms with Crippen LogP contribution in [0, 0.1) is 0 Å². The SMILES string of the molecule is COc1ccc(CNC(=O)NCC(c2ccco2)n2cccn2)cc1OC. The zero-order chi connectivity index (χ0) is 19.1. The van der Waals surface area contributed by atoms with Gasteiger partial charge in [0.1, 0.15) is 11.8 Å². The summed E-state index contributed by atoms with van der Waals surface area (Å²) in [5.74, 6) is 1.99. The van der Waals surface area contributed by atoms with E-state index in [9.17, 15) is 4.79 Å². The van der Waals surface area contributed by atoms with Crippen molar-refractivity contribution >= 4 is 6.03 Å². The average molecular weight is 370 g/mol. The molecule has 0 aliphatic heterocycles. The summed E-state index contributed by atoms with van der Waals surface area (Å²) in [5, 5.41) is 9.92. The van der Waals surface area contributed by atoms with Crippen LogP contribution in [0.25, 0.3) is 0 Å². The predicted molar refractivity (Wildman–Crippen MR) is 98.9 cm³/mol. The Morgan fingerprint density at radius 1 is 1.19 bits per heavy atom. The molecule has 0 radical (unpaired) electrons. The Labute approximate surface area is 157 Å². The second kappa shape index (κ2) is 8.79. The number of rotatable bonds is 8. The summed E-state index contributed by atoms with van der Waals surface area (Å²) in [6.07, 6.45) is 5.12. The fourth-order valence-corrected chi connectivity index (χ4v) is 2.70. The molecule has 0 spiro atoms. The van der Waals surface area contributed by atoms with E-state index >= 15 is 0 Å². The van der Waals surface area contributed by atoms with Gasteiger partial charge in [0.05, 0.1) is 20.5 Å². The summed E-state index contributed by atoms with van der Waals surface area (Å²) in [6, 6.07) is 10.5. The number of methoxy groups -OCH3 is 2. The molecule has 0 aliphatic rings.